The van der Waals surface area contributed by atoms with Crippen molar-refractivity contribution in [1.82, 2.24) is 0 Å². The van der Waals surface area contributed by atoms with Crippen LogP contribution in [0.4, 0.5) is 0 Å². The molecule has 1 aromatic heterocycles. The third-order valence-corrected chi connectivity index (χ3v) is 11.9. The van der Waals surface area contributed by atoms with Gasteiger partial charge in [0.2, 0.25) is 0 Å². The average Bonchev–Trinajstić information content (AvgIpc) is 2.75. The summed E-state index contributed by atoms with van der Waals surface area (Å²) in [5.41, 5.74) is -3.62. The number of methoxy groups -OCH3 is 2. The first-order valence-electron chi connectivity index (χ1n) is 12.3. The first kappa shape index (κ1) is 30.7. The van der Waals surface area contributed by atoms with Gasteiger partial charge in [-0.25, -0.2) is 4.79 Å². The first-order chi connectivity index (χ1) is 16.7. The van der Waals surface area contributed by atoms with Crippen LogP contribution in [0.1, 0.15) is 45.8 Å². The van der Waals surface area contributed by atoms with Gasteiger partial charge in [-0.1, -0.05) is 26.8 Å². The van der Waals surface area contributed by atoms with Crippen LogP contribution in [-0.2, 0) is 25.1 Å². The van der Waals surface area contributed by atoms with E-state index in [1.54, 1.807) is 19.3 Å². The van der Waals surface area contributed by atoms with Gasteiger partial charge in [-0.05, 0) is 24.6 Å². The smallest absolute Gasteiger partial charge is 0.339 e. The molecule has 0 aromatic carbocycles. The molecule has 0 radical (unpaired) electrons. The van der Waals surface area contributed by atoms with Gasteiger partial charge in [0.1, 0.15) is 29.5 Å². The molecule has 2 rings (SSSR count). The molecule has 0 spiro atoms. The fourth-order valence-corrected chi connectivity index (χ4v) is 5.80. The van der Waals surface area contributed by atoms with Gasteiger partial charge in [0.25, 0.3) is 0 Å². The lowest BCUT2D eigenvalue weighted by molar-refractivity contribution is -0.284. The van der Waals surface area contributed by atoms with Crippen LogP contribution in [-0.4, -0.2) is 76.2 Å². The summed E-state index contributed by atoms with van der Waals surface area (Å²) in [6.45, 7) is 15.1. The number of hydrogen-bond acceptors (Lipinski definition) is 9. The fraction of sp³-hybridized carbons (Fsp3) is 0.731. The summed E-state index contributed by atoms with van der Waals surface area (Å²) in [6.07, 6.45) is 0.491. The maximum absolute atomic E-state index is 12.3. The van der Waals surface area contributed by atoms with Crippen molar-refractivity contribution < 1.29 is 38.0 Å². The Balaban J connectivity index is 2.58. The second-order valence-corrected chi connectivity index (χ2v) is 15.8. The van der Waals surface area contributed by atoms with Gasteiger partial charge in [-0.15, -0.1) is 6.58 Å². The summed E-state index contributed by atoms with van der Waals surface area (Å²) >= 11 is 0. The molecule has 2 N–H and O–H groups in total. The molecule has 0 bridgehead atoms. The minimum atomic E-state index is -2.37. The van der Waals surface area contributed by atoms with E-state index in [0.717, 1.165) is 0 Å². The summed E-state index contributed by atoms with van der Waals surface area (Å²) in [5, 5.41) is 23.1. The van der Waals surface area contributed by atoms with Gasteiger partial charge in [-0.3, -0.25) is 0 Å². The topological polar surface area (TPSA) is 117 Å². The molecular formula is C26H44O9Si. The molecule has 36 heavy (non-hydrogen) atoms. The van der Waals surface area contributed by atoms with E-state index in [0.29, 0.717) is 19.0 Å². The predicted octanol–water partition coefficient (Wildman–Crippen LogP) is 3.42. The third-order valence-electron chi connectivity index (χ3n) is 7.39. The zero-order chi connectivity index (χ0) is 27.2. The highest BCUT2D eigenvalue weighted by Gasteiger charge is 2.62. The number of aliphatic hydroxyl groups is 2. The molecular weight excluding hydrogens is 484 g/mol. The molecule has 1 fully saturated rings. The van der Waals surface area contributed by atoms with Crippen LogP contribution in [0.2, 0.25) is 18.1 Å². The van der Waals surface area contributed by atoms with Gasteiger partial charge < -0.3 is 38.0 Å². The van der Waals surface area contributed by atoms with Gasteiger partial charge >= 0.3 is 5.63 Å². The highest BCUT2D eigenvalue weighted by molar-refractivity contribution is 6.74. The molecule has 4 atom stereocenters. The standard InChI is InChI=1S/C26H44O9Si/c1-9-10-26(33-18-32-12-11-30-5)22(35-36(7,8)24(2,3)4)13-19(27)16-25(26,29)17-21-14-20(31-6)15-23(28)34-21/h9,14-15,19,22,27,29H,1,10-13,16-18H2,2-8H3/t19-,22+,25-,26+/m1/s1. The molecule has 0 unspecified atom stereocenters. The van der Waals surface area contributed by atoms with Gasteiger partial charge in [-0.2, -0.15) is 0 Å². The molecule has 0 amide bonds. The lowest BCUT2D eigenvalue weighted by Crippen LogP contribution is -2.70. The van der Waals surface area contributed by atoms with Crippen molar-refractivity contribution in [3.63, 3.8) is 0 Å². The Morgan fingerprint density at radius 1 is 1.25 bits per heavy atom. The Bertz CT molecular complexity index is 909. The van der Waals surface area contributed by atoms with Crippen molar-refractivity contribution in [2.24, 2.45) is 0 Å². The quantitative estimate of drug-likeness (QED) is 0.172. The Labute approximate surface area is 215 Å². The van der Waals surface area contributed by atoms with Crippen LogP contribution in [0, 0.1) is 0 Å². The zero-order valence-corrected chi connectivity index (χ0v) is 23.8. The van der Waals surface area contributed by atoms with Gasteiger partial charge in [0.05, 0.1) is 38.6 Å². The number of aliphatic hydroxyl groups excluding tert-OH is 1. The average molecular weight is 529 g/mol. The molecule has 0 saturated heterocycles. The minimum absolute atomic E-state index is 0.0167. The van der Waals surface area contributed by atoms with Crippen LogP contribution < -0.4 is 10.4 Å². The van der Waals surface area contributed by atoms with Crippen LogP contribution in [0.3, 0.4) is 0 Å². The Morgan fingerprint density at radius 2 is 1.94 bits per heavy atom. The molecule has 1 aliphatic carbocycles. The van der Waals surface area contributed by atoms with E-state index >= 15 is 0 Å². The van der Waals surface area contributed by atoms with Crippen LogP contribution in [0.15, 0.2) is 34.0 Å². The highest BCUT2D eigenvalue weighted by Crippen LogP contribution is 2.49. The molecule has 1 heterocycles. The van der Waals surface area contributed by atoms with Crippen LogP contribution in [0.5, 0.6) is 5.75 Å². The molecule has 1 aliphatic rings. The molecule has 1 saturated carbocycles. The van der Waals surface area contributed by atoms with Gasteiger partial charge in [0.15, 0.2) is 8.32 Å². The Kier molecular flexibility index (Phi) is 10.5. The maximum Gasteiger partial charge on any atom is 0.339 e. The molecule has 1 aromatic rings. The monoisotopic (exact) mass is 528 g/mol. The van der Waals surface area contributed by atoms with E-state index in [2.05, 4.69) is 40.4 Å². The van der Waals surface area contributed by atoms with Crippen molar-refractivity contribution in [3.05, 3.63) is 41.0 Å². The molecule has 206 valence electrons. The summed E-state index contributed by atoms with van der Waals surface area (Å²) < 4.78 is 34.5. The first-order valence-corrected chi connectivity index (χ1v) is 15.2. The van der Waals surface area contributed by atoms with Crippen molar-refractivity contribution in [1.29, 1.82) is 0 Å². The second-order valence-electron chi connectivity index (χ2n) is 11.0. The van der Waals surface area contributed by atoms with E-state index < -0.39 is 37.4 Å². The Hall–Kier alpha value is -1.53. The van der Waals surface area contributed by atoms with E-state index in [1.807, 2.05) is 0 Å². The van der Waals surface area contributed by atoms with Crippen LogP contribution >= 0.6 is 0 Å². The van der Waals surface area contributed by atoms with E-state index in [-0.39, 0.29) is 43.3 Å². The normalized spacial score (nSPS) is 27.1. The lowest BCUT2D eigenvalue weighted by atomic mass is 9.65. The fourth-order valence-electron chi connectivity index (χ4n) is 4.45. The summed E-state index contributed by atoms with van der Waals surface area (Å²) in [5.74, 6) is 0.521. The van der Waals surface area contributed by atoms with Crippen molar-refractivity contribution in [3.8, 4) is 5.75 Å². The van der Waals surface area contributed by atoms with E-state index in [1.165, 1.54) is 13.2 Å². The van der Waals surface area contributed by atoms with Gasteiger partial charge in [0, 0.05) is 32.4 Å². The largest absolute Gasteiger partial charge is 0.496 e. The SMILES string of the molecule is C=CC[C@]1(OCOCCOC)[C@@H](O[Si](C)(C)C(C)(C)C)C[C@@H](O)C[C@@]1(O)Cc1cc(OC)cc(=O)o1. The van der Waals surface area contributed by atoms with Crippen molar-refractivity contribution in [2.45, 2.75) is 88.0 Å². The highest BCUT2D eigenvalue weighted by atomic mass is 28.4. The number of hydrogen-bond donors (Lipinski definition) is 2. The maximum atomic E-state index is 12.3. The zero-order valence-electron chi connectivity index (χ0n) is 22.8. The molecule has 9 nitrogen and oxygen atoms in total. The third kappa shape index (κ3) is 7.06. The molecule has 10 heteroatoms. The second kappa shape index (κ2) is 12.3. The lowest BCUT2D eigenvalue weighted by Gasteiger charge is -2.57. The van der Waals surface area contributed by atoms with E-state index in [9.17, 15) is 15.0 Å². The van der Waals surface area contributed by atoms with Crippen molar-refractivity contribution >= 4 is 8.32 Å². The summed E-state index contributed by atoms with van der Waals surface area (Å²) in [7, 11) is 0.658. The number of ether oxygens (including phenoxy) is 4. The summed E-state index contributed by atoms with van der Waals surface area (Å²) in [4.78, 5) is 12.1. The van der Waals surface area contributed by atoms with Crippen molar-refractivity contribution in [2.75, 3.05) is 34.2 Å². The van der Waals surface area contributed by atoms with Crippen LogP contribution in [0.25, 0.3) is 0 Å². The minimum Gasteiger partial charge on any atom is -0.496 e. The van der Waals surface area contributed by atoms with E-state index in [4.69, 9.17) is 27.8 Å². The number of rotatable bonds is 13. The molecule has 0 aliphatic heterocycles. The predicted molar refractivity (Wildman–Crippen MR) is 139 cm³/mol. The summed E-state index contributed by atoms with van der Waals surface area (Å²) in [6, 6.07) is 2.78. The Morgan fingerprint density at radius 3 is 2.53 bits per heavy atom.